The highest BCUT2D eigenvalue weighted by atomic mass is 35.5. The number of nitrogens with zero attached hydrogens (tertiary/aromatic N) is 1. The van der Waals surface area contributed by atoms with Crippen molar-refractivity contribution < 1.29 is 14.0 Å². The highest BCUT2D eigenvalue weighted by Crippen LogP contribution is 2.41. The molecule has 4 rings (SSSR count). The van der Waals surface area contributed by atoms with Crippen LogP contribution in [-0.2, 0) is 9.59 Å². The lowest BCUT2D eigenvalue weighted by Gasteiger charge is -2.15. The molecule has 3 aromatic rings. The minimum Gasteiger partial charge on any atom is -0.268 e. The number of rotatable bonds is 4. The molecule has 0 bridgehead atoms. The van der Waals surface area contributed by atoms with Gasteiger partial charge in [-0.1, -0.05) is 47.1 Å². The second-order valence-corrected chi connectivity index (χ2v) is 8.15. The lowest BCUT2D eigenvalue weighted by atomic mass is 10.1. The van der Waals surface area contributed by atoms with Gasteiger partial charge >= 0.3 is 0 Å². The van der Waals surface area contributed by atoms with Crippen molar-refractivity contribution in [2.75, 3.05) is 4.90 Å². The van der Waals surface area contributed by atoms with Crippen LogP contribution < -0.4 is 4.90 Å². The van der Waals surface area contributed by atoms with Crippen LogP contribution in [0.2, 0.25) is 10.0 Å². The van der Waals surface area contributed by atoms with Gasteiger partial charge in [0.25, 0.3) is 11.8 Å². The summed E-state index contributed by atoms with van der Waals surface area (Å²) in [7, 11) is 0. The summed E-state index contributed by atoms with van der Waals surface area (Å²) < 4.78 is 13.4. The zero-order chi connectivity index (χ0) is 20.5. The molecule has 0 unspecified atom stereocenters. The normalized spacial score (nSPS) is 14.1. The zero-order valence-electron chi connectivity index (χ0n) is 14.7. The number of benzene rings is 3. The van der Waals surface area contributed by atoms with Crippen LogP contribution in [0.15, 0.2) is 82.6 Å². The lowest BCUT2D eigenvalue weighted by Crippen LogP contribution is -2.31. The summed E-state index contributed by atoms with van der Waals surface area (Å²) in [6, 6.07) is 18.9. The average molecular weight is 444 g/mol. The summed E-state index contributed by atoms with van der Waals surface area (Å²) >= 11 is 13.0. The molecule has 0 spiro atoms. The quantitative estimate of drug-likeness (QED) is 0.449. The van der Waals surface area contributed by atoms with Crippen LogP contribution in [0, 0.1) is 5.82 Å². The number of anilines is 1. The molecule has 1 aliphatic heterocycles. The highest BCUT2D eigenvalue weighted by molar-refractivity contribution is 8.04. The maximum atomic E-state index is 13.4. The molecule has 0 saturated heterocycles. The van der Waals surface area contributed by atoms with Gasteiger partial charge < -0.3 is 0 Å². The fourth-order valence-electron chi connectivity index (χ4n) is 2.92. The van der Waals surface area contributed by atoms with Gasteiger partial charge in [-0.25, -0.2) is 9.29 Å². The number of hydrogen-bond acceptors (Lipinski definition) is 3. The van der Waals surface area contributed by atoms with E-state index in [1.165, 1.54) is 36.0 Å². The Morgan fingerprint density at radius 2 is 1.28 bits per heavy atom. The summed E-state index contributed by atoms with van der Waals surface area (Å²) in [5.41, 5.74) is 1.11. The third kappa shape index (κ3) is 3.94. The number of carbonyl (C=O) groups is 2. The minimum absolute atomic E-state index is 0.227. The molecule has 0 atom stereocenters. The van der Waals surface area contributed by atoms with E-state index in [1.807, 2.05) is 0 Å². The van der Waals surface area contributed by atoms with Crippen LogP contribution in [0.1, 0.15) is 5.56 Å². The van der Waals surface area contributed by atoms with E-state index < -0.39 is 17.6 Å². The molecule has 29 heavy (non-hydrogen) atoms. The molecule has 0 fully saturated rings. The van der Waals surface area contributed by atoms with Crippen molar-refractivity contribution in [1.29, 1.82) is 0 Å². The Morgan fingerprint density at radius 3 is 1.86 bits per heavy atom. The smallest absolute Gasteiger partial charge is 0.268 e. The van der Waals surface area contributed by atoms with Crippen LogP contribution in [0.3, 0.4) is 0 Å². The Bertz CT molecular complexity index is 1130. The molecule has 144 valence electrons. The average Bonchev–Trinajstić information content (AvgIpc) is 2.95. The van der Waals surface area contributed by atoms with Gasteiger partial charge in [0.1, 0.15) is 5.82 Å². The summed E-state index contributed by atoms with van der Waals surface area (Å²) in [5.74, 6) is -1.34. The number of hydrogen-bond donors (Lipinski definition) is 0. The van der Waals surface area contributed by atoms with E-state index in [-0.39, 0.29) is 10.5 Å². The van der Waals surface area contributed by atoms with Gasteiger partial charge in [-0.05, 0) is 66.2 Å². The molecule has 3 aromatic carbocycles. The summed E-state index contributed by atoms with van der Waals surface area (Å²) in [5, 5.41) is 1.06. The third-order valence-corrected chi connectivity index (χ3v) is 5.89. The first-order valence-electron chi connectivity index (χ1n) is 8.52. The Hall–Kier alpha value is -2.60. The number of amides is 2. The van der Waals surface area contributed by atoms with E-state index in [0.717, 1.165) is 9.80 Å². The second-order valence-electron chi connectivity index (χ2n) is 6.19. The first-order valence-corrected chi connectivity index (χ1v) is 10.1. The van der Waals surface area contributed by atoms with Crippen molar-refractivity contribution in [1.82, 2.24) is 0 Å². The monoisotopic (exact) mass is 443 g/mol. The Morgan fingerprint density at radius 1 is 0.724 bits per heavy atom. The molecule has 0 aliphatic carbocycles. The molecular weight excluding hydrogens is 432 g/mol. The SMILES string of the molecule is O=C1C(Sc2ccc(Cl)cc2)=C(c2ccc(F)cc2)C(=O)N1c1ccc(Cl)cc1. The Kier molecular flexibility index (Phi) is 5.46. The van der Waals surface area contributed by atoms with Crippen LogP contribution in [0.5, 0.6) is 0 Å². The van der Waals surface area contributed by atoms with E-state index in [1.54, 1.807) is 48.5 Å². The van der Waals surface area contributed by atoms with Gasteiger partial charge in [0.15, 0.2) is 0 Å². The largest absolute Gasteiger partial charge is 0.272 e. The third-order valence-electron chi connectivity index (χ3n) is 4.29. The van der Waals surface area contributed by atoms with Gasteiger partial charge in [0.05, 0.1) is 16.2 Å². The summed E-state index contributed by atoms with van der Waals surface area (Å²) in [6.45, 7) is 0. The van der Waals surface area contributed by atoms with Crippen LogP contribution in [-0.4, -0.2) is 11.8 Å². The Labute approximate surface area is 180 Å². The van der Waals surface area contributed by atoms with Crippen molar-refractivity contribution in [2.45, 2.75) is 4.90 Å². The molecule has 0 saturated carbocycles. The first-order chi connectivity index (χ1) is 13.9. The summed E-state index contributed by atoms with van der Waals surface area (Å²) in [4.78, 5) is 28.6. The fourth-order valence-corrected chi connectivity index (χ4v) is 4.17. The van der Waals surface area contributed by atoms with E-state index in [4.69, 9.17) is 23.2 Å². The van der Waals surface area contributed by atoms with Crippen molar-refractivity contribution in [3.63, 3.8) is 0 Å². The molecule has 0 N–H and O–H groups in total. The van der Waals surface area contributed by atoms with Gasteiger partial charge in [0.2, 0.25) is 0 Å². The van der Waals surface area contributed by atoms with E-state index >= 15 is 0 Å². The number of carbonyl (C=O) groups excluding carboxylic acids is 2. The van der Waals surface area contributed by atoms with Crippen LogP contribution in [0.4, 0.5) is 10.1 Å². The number of imide groups is 1. The molecular formula is C22H12Cl2FNO2S. The van der Waals surface area contributed by atoms with Gasteiger partial charge in [-0.15, -0.1) is 0 Å². The topological polar surface area (TPSA) is 37.4 Å². The van der Waals surface area contributed by atoms with E-state index in [9.17, 15) is 14.0 Å². The van der Waals surface area contributed by atoms with Crippen molar-refractivity contribution in [3.05, 3.63) is 99.1 Å². The van der Waals surface area contributed by atoms with E-state index in [2.05, 4.69) is 0 Å². The predicted octanol–water partition coefficient (Wildman–Crippen LogP) is 6.21. The van der Waals surface area contributed by atoms with Crippen molar-refractivity contribution >= 4 is 58.0 Å². The second kappa shape index (κ2) is 8.03. The van der Waals surface area contributed by atoms with Crippen molar-refractivity contribution in [3.8, 4) is 0 Å². The zero-order valence-corrected chi connectivity index (χ0v) is 17.1. The molecule has 1 aliphatic rings. The molecule has 3 nitrogen and oxygen atoms in total. The van der Waals surface area contributed by atoms with Crippen LogP contribution in [0.25, 0.3) is 5.57 Å². The summed E-state index contributed by atoms with van der Waals surface area (Å²) in [6.07, 6.45) is 0. The van der Waals surface area contributed by atoms with Crippen LogP contribution >= 0.6 is 35.0 Å². The van der Waals surface area contributed by atoms with Gasteiger partial charge in [-0.3, -0.25) is 9.59 Å². The highest BCUT2D eigenvalue weighted by Gasteiger charge is 2.40. The van der Waals surface area contributed by atoms with Crippen molar-refractivity contribution in [2.24, 2.45) is 0 Å². The van der Waals surface area contributed by atoms with Gasteiger partial charge in [-0.2, -0.15) is 0 Å². The molecule has 7 heteroatoms. The van der Waals surface area contributed by atoms with Gasteiger partial charge in [0, 0.05) is 14.9 Å². The predicted molar refractivity (Wildman–Crippen MR) is 115 cm³/mol. The lowest BCUT2D eigenvalue weighted by molar-refractivity contribution is -0.119. The minimum atomic E-state index is -0.472. The Balaban J connectivity index is 1.80. The molecule has 1 heterocycles. The number of thioether (sulfide) groups is 1. The number of halogens is 3. The fraction of sp³-hybridized carbons (Fsp3) is 0. The standard InChI is InChI=1S/C22H12Cl2FNO2S/c23-14-3-9-17(10-4-14)26-21(27)19(13-1-7-16(25)8-2-13)20(22(26)28)29-18-11-5-15(24)6-12-18/h1-12H. The maximum absolute atomic E-state index is 13.4. The molecule has 2 amide bonds. The first kappa shape index (κ1) is 19.7. The maximum Gasteiger partial charge on any atom is 0.272 e. The van der Waals surface area contributed by atoms with E-state index in [0.29, 0.717) is 21.3 Å². The molecule has 0 aromatic heterocycles. The molecule has 0 radical (unpaired) electrons.